The predicted octanol–water partition coefficient (Wildman–Crippen LogP) is 5.02. The zero-order valence-electron chi connectivity index (χ0n) is 15.3. The minimum Gasteiger partial charge on any atom is -0.336 e. The molecule has 140 valence electrons. The molecule has 1 heterocycles. The second kappa shape index (κ2) is 8.55. The van der Waals surface area contributed by atoms with E-state index in [-0.39, 0.29) is 30.4 Å². The van der Waals surface area contributed by atoms with E-state index in [9.17, 15) is 4.79 Å². The van der Waals surface area contributed by atoms with Gasteiger partial charge in [-0.05, 0) is 34.7 Å². The molecule has 0 radical (unpaired) electrons. The third-order valence-electron chi connectivity index (χ3n) is 5.38. The number of carbonyl (C=O) groups excluding carboxylic acids is 1. The molecule has 27 heavy (non-hydrogen) atoms. The lowest BCUT2D eigenvalue weighted by Crippen LogP contribution is -2.33. The minimum absolute atomic E-state index is 0. The quantitative estimate of drug-likeness (QED) is 0.691. The van der Waals surface area contributed by atoms with Crippen molar-refractivity contribution in [2.45, 2.75) is 31.3 Å². The first-order valence-electron chi connectivity index (χ1n) is 9.31. The fraction of sp³-hybridized carbons (Fsp3) is 0.261. The van der Waals surface area contributed by atoms with Gasteiger partial charge in [-0.25, -0.2) is 0 Å². The molecule has 2 unspecified atom stereocenters. The lowest BCUT2D eigenvalue weighted by molar-refractivity contribution is -0.132. The number of nitrogens with zero attached hydrogens (tertiary/aromatic N) is 1. The highest BCUT2D eigenvalue weighted by molar-refractivity contribution is 5.87. The molecule has 0 bridgehead atoms. The Bertz CT molecular complexity index is 907. The second-order valence-electron chi connectivity index (χ2n) is 7.03. The van der Waals surface area contributed by atoms with E-state index < -0.39 is 0 Å². The predicted molar refractivity (Wildman–Crippen MR) is 113 cm³/mol. The Labute approximate surface area is 166 Å². The van der Waals surface area contributed by atoms with Gasteiger partial charge in [0, 0.05) is 19.0 Å². The van der Waals surface area contributed by atoms with Crippen LogP contribution in [-0.2, 0) is 4.79 Å². The standard InChI is InChI=1S/C23H24N2O.ClH/c24-21(18-9-2-1-3-10-18)16-23(26)25-15-7-14-22(25)20-13-6-11-17-8-4-5-12-19(17)20;/h1-6,8-13,21-22H,7,14-16,24H2;1H. The van der Waals surface area contributed by atoms with Crippen LogP contribution in [0.15, 0.2) is 72.8 Å². The van der Waals surface area contributed by atoms with Crippen molar-refractivity contribution >= 4 is 29.1 Å². The summed E-state index contributed by atoms with van der Waals surface area (Å²) >= 11 is 0. The highest BCUT2D eigenvalue weighted by Crippen LogP contribution is 2.36. The van der Waals surface area contributed by atoms with Crippen LogP contribution in [0.3, 0.4) is 0 Å². The van der Waals surface area contributed by atoms with Crippen molar-refractivity contribution in [3.8, 4) is 0 Å². The van der Waals surface area contributed by atoms with Crippen molar-refractivity contribution in [1.82, 2.24) is 4.90 Å². The summed E-state index contributed by atoms with van der Waals surface area (Å²) in [6, 6.07) is 24.6. The molecule has 0 spiro atoms. The zero-order valence-corrected chi connectivity index (χ0v) is 16.1. The molecule has 1 aliphatic rings. The van der Waals surface area contributed by atoms with Crippen molar-refractivity contribution in [2.24, 2.45) is 5.73 Å². The van der Waals surface area contributed by atoms with E-state index in [1.165, 1.54) is 16.3 Å². The maximum Gasteiger partial charge on any atom is 0.224 e. The van der Waals surface area contributed by atoms with Gasteiger partial charge in [-0.1, -0.05) is 72.8 Å². The molecule has 1 fully saturated rings. The largest absolute Gasteiger partial charge is 0.336 e. The Kier molecular flexibility index (Phi) is 6.15. The Balaban J connectivity index is 0.00000210. The molecule has 0 saturated carbocycles. The number of halogens is 1. The fourth-order valence-electron chi connectivity index (χ4n) is 4.05. The third-order valence-corrected chi connectivity index (χ3v) is 5.38. The van der Waals surface area contributed by atoms with Crippen molar-refractivity contribution in [3.63, 3.8) is 0 Å². The lowest BCUT2D eigenvalue weighted by Gasteiger charge is -2.27. The normalized spacial score (nSPS) is 17.5. The summed E-state index contributed by atoms with van der Waals surface area (Å²) in [4.78, 5) is 15.0. The van der Waals surface area contributed by atoms with E-state index >= 15 is 0 Å². The van der Waals surface area contributed by atoms with Gasteiger partial charge in [0.05, 0.1) is 6.04 Å². The number of likely N-dealkylation sites (tertiary alicyclic amines) is 1. The number of amides is 1. The number of carbonyl (C=O) groups is 1. The molecule has 0 aromatic heterocycles. The number of benzene rings is 3. The van der Waals surface area contributed by atoms with Crippen molar-refractivity contribution in [1.29, 1.82) is 0 Å². The smallest absolute Gasteiger partial charge is 0.224 e. The third kappa shape index (κ3) is 4.00. The molecular formula is C23H25ClN2O. The summed E-state index contributed by atoms with van der Waals surface area (Å²) in [5.41, 5.74) is 8.56. The van der Waals surface area contributed by atoms with Gasteiger partial charge in [0.2, 0.25) is 5.91 Å². The fourth-order valence-corrected chi connectivity index (χ4v) is 4.05. The summed E-state index contributed by atoms with van der Waals surface area (Å²) < 4.78 is 0. The lowest BCUT2D eigenvalue weighted by atomic mass is 9.96. The Morgan fingerprint density at radius 1 is 1.00 bits per heavy atom. The van der Waals surface area contributed by atoms with Crippen LogP contribution in [0, 0.1) is 0 Å². The van der Waals surface area contributed by atoms with Gasteiger partial charge < -0.3 is 10.6 Å². The maximum absolute atomic E-state index is 13.0. The van der Waals surface area contributed by atoms with Gasteiger partial charge in [0.15, 0.2) is 0 Å². The topological polar surface area (TPSA) is 46.3 Å². The van der Waals surface area contributed by atoms with Gasteiger partial charge in [0.25, 0.3) is 0 Å². The minimum atomic E-state index is -0.252. The number of fused-ring (bicyclic) bond motifs is 1. The highest BCUT2D eigenvalue weighted by Gasteiger charge is 2.31. The number of nitrogens with two attached hydrogens (primary N) is 1. The van der Waals surface area contributed by atoms with Crippen LogP contribution in [0.2, 0.25) is 0 Å². The van der Waals surface area contributed by atoms with Crippen LogP contribution < -0.4 is 5.73 Å². The summed E-state index contributed by atoms with van der Waals surface area (Å²) in [7, 11) is 0. The van der Waals surface area contributed by atoms with Gasteiger partial charge in [-0.15, -0.1) is 12.4 Å². The summed E-state index contributed by atoms with van der Waals surface area (Å²) in [5, 5.41) is 2.47. The van der Waals surface area contributed by atoms with E-state index in [4.69, 9.17) is 5.73 Å². The first kappa shape index (κ1) is 19.4. The van der Waals surface area contributed by atoms with Crippen LogP contribution in [-0.4, -0.2) is 17.4 Å². The van der Waals surface area contributed by atoms with Gasteiger partial charge >= 0.3 is 0 Å². The zero-order chi connectivity index (χ0) is 17.9. The number of hydrogen-bond acceptors (Lipinski definition) is 2. The molecule has 0 aliphatic carbocycles. The van der Waals surface area contributed by atoms with E-state index in [2.05, 4.69) is 42.5 Å². The molecular weight excluding hydrogens is 356 g/mol. The molecule has 4 rings (SSSR count). The van der Waals surface area contributed by atoms with Gasteiger partial charge in [0.1, 0.15) is 0 Å². The molecule has 3 aromatic rings. The average Bonchev–Trinajstić information content (AvgIpc) is 3.18. The van der Waals surface area contributed by atoms with E-state index in [1.807, 2.05) is 35.2 Å². The Morgan fingerprint density at radius 2 is 1.70 bits per heavy atom. The molecule has 1 amide bonds. The van der Waals surface area contributed by atoms with E-state index in [0.717, 1.165) is 24.9 Å². The van der Waals surface area contributed by atoms with Crippen LogP contribution in [0.25, 0.3) is 10.8 Å². The van der Waals surface area contributed by atoms with Crippen molar-refractivity contribution in [3.05, 3.63) is 83.9 Å². The van der Waals surface area contributed by atoms with Crippen LogP contribution >= 0.6 is 12.4 Å². The molecule has 3 aromatic carbocycles. The monoisotopic (exact) mass is 380 g/mol. The molecule has 2 N–H and O–H groups in total. The summed E-state index contributed by atoms with van der Waals surface area (Å²) in [6.07, 6.45) is 2.41. The van der Waals surface area contributed by atoms with Crippen molar-refractivity contribution in [2.75, 3.05) is 6.54 Å². The first-order chi connectivity index (χ1) is 12.7. The average molecular weight is 381 g/mol. The molecule has 1 saturated heterocycles. The molecule has 1 aliphatic heterocycles. The Hall–Kier alpha value is -2.36. The molecule has 4 heteroatoms. The molecule has 2 atom stereocenters. The highest BCUT2D eigenvalue weighted by atomic mass is 35.5. The Morgan fingerprint density at radius 3 is 2.52 bits per heavy atom. The van der Waals surface area contributed by atoms with Crippen LogP contribution in [0.5, 0.6) is 0 Å². The van der Waals surface area contributed by atoms with Crippen molar-refractivity contribution < 1.29 is 4.79 Å². The summed E-state index contributed by atoms with van der Waals surface area (Å²) in [5.74, 6) is 0.150. The first-order valence-corrected chi connectivity index (χ1v) is 9.31. The van der Waals surface area contributed by atoms with E-state index in [0.29, 0.717) is 6.42 Å². The van der Waals surface area contributed by atoms with E-state index in [1.54, 1.807) is 0 Å². The summed E-state index contributed by atoms with van der Waals surface area (Å²) in [6.45, 7) is 0.814. The number of hydrogen-bond donors (Lipinski definition) is 1. The molecule has 3 nitrogen and oxygen atoms in total. The van der Waals surface area contributed by atoms with Crippen LogP contribution in [0.1, 0.15) is 42.5 Å². The maximum atomic E-state index is 13.0. The second-order valence-corrected chi connectivity index (χ2v) is 7.03. The van der Waals surface area contributed by atoms with Gasteiger partial charge in [-0.3, -0.25) is 4.79 Å². The number of rotatable bonds is 4. The SMILES string of the molecule is Cl.NC(CC(=O)N1CCCC1c1cccc2ccccc12)c1ccccc1. The van der Waals surface area contributed by atoms with Gasteiger partial charge in [-0.2, -0.15) is 0 Å². The van der Waals surface area contributed by atoms with Crippen LogP contribution in [0.4, 0.5) is 0 Å².